The summed E-state index contributed by atoms with van der Waals surface area (Å²) >= 11 is 0. The van der Waals surface area contributed by atoms with E-state index in [0.717, 1.165) is 0 Å². The SMILES string of the molecule is CC1=NC(C)=C(C(=O)OCCN(C)C)[C@@H](c2cccc([N+](=O)[O-])c2)C1C(=O)O. The maximum Gasteiger partial charge on any atom is 0.336 e. The summed E-state index contributed by atoms with van der Waals surface area (Å²) in [5, 5.41) is 20.9. The predicted molar refractivity (Wildman–Crippen MR) is 102 cm³/mol. The molecule has 0 saturated heterocycles. The Balaban J connectivity index is 2.52. The highest BCUT2D eigenvalue weighted by Gasteiger charge is 2.42. The molecule has 9 nitrogen and oxygen atoms in total. The summed E-state index contributed by atoms with van der Waals surface area (Å²) in [6.07, 6.45) is 0. The number of rotatable bonds is 7. The molecule has 1 heterocycles. The van der Waals surface area contributed by atoms with E-state index in [2.05, 4.69) is 4.99 Å². The van der Waals surface area contributed by atoms with Crippen molar-refractivity contribution in [1.82, 2.24) is 4.90 Å². The van der Waals surface area contributed by atoms with Crippen LogP contribution in [0.15, 0.2) is 40.5 Å². The number of carbonyl (C=O) groups excluding carboxylic acids is 1. The number of esters is 1. The number of aliphatic imine (C=N–C) groups is 1. The van der Waals surface area contributed by atoms with E-state index in [-0.39, 0.29) is 17.9 Å². The molecule has 1 N–H and O–H groups in total. The lowest BCUT2D eigenvalue weighted by molar-refractivity contribution is -0.384. The zero-order chi connectivity index (χ0) is 21.0. The van der Waals surface area contributed by atoms with Gasteiger partial charge in [-0.25, -0.2) is 4.79 Å². The minimum atomic E-state index is -1.16. The summed E-state index contributed by atoms with van der Waals surface area (Å²) < 4.78 is 5.32. The van der Waals surface area contributed by atoms with E-state index < -0.39 is 28.7 Å². The average Bonchev–Trinajstić information content (AvgIpc) is 2.60. The molecule has 1 aromatic rings. The lowest BCUT2D eigenvalue weighted by Gasteiger charge is -2.30. The summed E-state index contributed by atoms with van der Waals surface area (Å²) in [5.74, 6) is -3.88. The highest BCUT2D eigenvalue weighted by atomic mass is 16.6. The maximum absolute atomic E-state index is 12.8. The van der Waals surface area contributed by atoms with Crippen LogP contribution in [0.1, 0.15) is 25.3 Å². The van der Waals surface area contributed by atoms with Crippen molar-refractivity contribution in [2.24, 2.45) is 10.9 Å². The van der Waals surface area contributed by atoms with Crippen molar-refractivity contribution in [1.29, 1.82) is 0 Å². The Bertz CT molecular complexity index is 859. The Morgan fingerprint density at radius 1 is 1.32 bits per heavy atom. The lowest BCUT2D eigenvalue weighted by atomic mass is 9.75. The van der Waals surface area contributed by atoms with Gasteiger partial charge in [-0.1, -0.05) is 12.1 Å². The number of carboxylic acid groups (broad SMARTS) is 1. The fourth-order valence-corrected chi connectivity index (χ4v) is 3.21. The van der Waals surface area contributed by atoms with E-state index in [4.69, 9.17) is 4.74 Å². The highest BCUT2D eigenvalue weighted by molar-refractivity contribution is 6.06. The quantitative estimate of drug-likeness (QED) is 0.431. The number of ether oxygens (including phenoxy) is 1. The van der Waals surface area contributed by atoms with Gasteiger partial charge in [0.05, 0.1) is 10.5 Å². The molecule has 1 aliphatic rings. The Labute approximate surface area is 162 Å². The molecule has 0 spiro atoms. The first-order chi connectivity index (χ1) is 13.1. The van der Waals surface area contributed by atoms with Crippen LogP contribution >= 0.6 is 0 Å². The van der Waals surface area contributed by atoms with Crippen LogP contribution in [0, 0.1) is 16.0 Å². The van der Waals surface area contributed by atoms with Crippen LogP contribution in [0.3, 0.4) is 0 Å². The normalized spacial score (nSPS) is 19.4. The molecule has 0 bridgehead atoms. The molecule has 28 heavy (non-hydrogen) atoms. The maximum atomic E-state index is 12.8. The summed E-state index contributed by atoms with van der Waals surface area (Å²) in [4.78, 5) is 41.4. The molecular weight excluding hydrogens is 366 g/mol. The number of carboxylic acids is 1. The number of hydrogen-bond donors (Lipinski definition) is 1. The van der Waals surface area contributed by atoms with E-state index in [1.807, 2.05) is 19.0 Å². The molecule has 0 saturated carbocycles. The van der Waals surface area contributed by atoms with Crippen molar-refractivity contribution in [3.05, 3.63) is 51.2 Å². The van der Waals surface area contributed by atoms with Crippen LogP contribution in [0.2, 0.25) is 0 Å². The largest absolute Gasteiger partial charge is 0.481 e. The van der Waals surface area contributed by atoms with Crippen molar-refractivity contribution in [2.45, 2.75) is 19.8 Å². The van der Waals surface area contributed by atoms with Crippen molar-refractivity contribution in [3.63, 3.8) is 0 Å². The second kappa shape index (κ2) is 8.75. The smallest absolute Gasteiger partial charge is 0.336 e. The molecule has 1 unspecified atom stereocenters. The Morgan fingerprint density at radius 2 is 2.00 bits per heavy atom. The van der Waals surface area contributed by atoms with Gasteiger partial charge in [0.2, 0.25) is 0 Å². The van der Waals surface area contributed by atoms with Gasteiger partial charge in [0, 0.05) is 36.0 Å². The third-order valence-corrected chi connectivity index (χ3v) is 4.53. The van der Waals surface area contributed by atoms with E-state index in [0.29, 0.717) is 23.5 Å². The third-order valence-electron chi connectivity index (χ3n) is 4.53. The molecule has 150 valence electrons. The zero-order valence-corrected chi connectivity index (χ0v) is 16.2. The Hall–Kier alpha value is -3.07. The van der Waals surface area contributed by atoms with Crippen LogP contribution in [0.25, 0.3) is 0 Å². The number of nitro groups is 1. The Morgan fingerprint density at radius 3 is 2.57 bits per heavy atom. The second-order valence-corrected chi connectivity index (χ2v) is 6.84. The molecule has 0 radical (unpaired) electrons. The van der Waals surface area contributed by atoms with Crippen LogP contribution in [0.4, 0.5) is 5.69 Å². The van der Waals surface area contributed by atoms with Crippen molar-refractivity contribution >= 4 is 23.3 Å². The molecular formula is C19H23N3O6. The molecule has 2 atom stereocenters. The van der Waals surface area contributed by atoms with E-state index in [1.165, 1.54) is 18.2 Å². The molecule has 9 heteroatoms. The zero-order valence-electron chi connectivity index (χ0n) is 16.2. The minimum Gasteiger partial charge on any atom is -0.481 e. The van der Waals surface area contributed by atoms with Crippen molar-refractivity contribution < 1.29 is 24.4 Å². The molecule has 0 aliphatic carbocycles. The first-order valence-electron chi connectivity index (χ1n) is 8.68. The number of non-ortho nitro benzene ring substituents is 1. The van der Waals surface area contributed by atoms with Crippen molar-refractivity contribution in [2.75, 3.05) is 27.2 Å². The highest BCUT2D eigenvalue weighted by Crippen LogP contribution is 2.40. The van der Waals surface area contributed by atoms with Crippen LogP contribution in [-0.2, 0) is 14.3 Å². The fourth-order valence-electron chi connectivity index (χ4n) is 3.21. The first kappa shape index (κ1) is 21.2. The van der Waals surface area contributed by atoms with Gasteiger partial charge in [0.25, 0.3) is 5.69 Å². The Kier molecular flexibility index (Phi) is 6.63. The molecule has 2 rings (SSSR count). The average molecular weight is 389 g/mol. The summed E-state index contributed by atoms with van der Waals surface area (Å²) in [7, 11) is 3.66. The van der Waals surface area contributed by atoms with Gasteiger partial charge in [-0.05, 0) is 33.5 Å². The second-order valence-electron chi connectivity index (χ2n) is 6.84. The van der Waals surface area contributed by atoms with Gasteiger partial charge < -0.3 is 14.7 Å². The molecule has 1 aliphatic heterocycles. The number of carbonyl (C=O) groups is 2. The van der Waals surface area contributed by atoms with Gasteiger partial charge in [-0.3, -0.25) is 19.9 Å². The number of likely N-dealkylation sites (N-methyl/N-ethyl adjacent to an activating group) is 1. The van der Waals surface area contributed by atoms with E-state index >= 15 is 0 Å². The molecule has 1 aromatic carbocycles. The van der Waals surface area contributed by atoms with Gasteiger partial charge in [0.1, 0.15) is 12.5 Å². The molecule has 0 aromatic heterocycles. The lowest BCUT2D eigenvalue weighted by Crippen LogP contribution is -2.35. The van der Waals surface area contributed by atoms with Crippen LogP contribution in [0.5, 0.6) is 0 Å². The standard InChI is InChI=1S/C19H23N3O6/c1-11-15(18(23)24)17(13-6-5-7-14(10-13)22(26)27)16(12(2)20-11)19(25)28-9-8-21(3)4/h5-7,10,15,17H,8-9H2,1-4H3,(H,23,24)/t15?,17-/m0/s1. The third kappa shape index (κ3) is 4.61. The minimum absolute atomic E-state index is 0.109. The summed E-state index contributed by atoms with van der Waals surface area (Å²) in [6, 6.07) is 5.65. The van der Waals surface area contributed by atoms with E-state index in [9.17, 15) is 24.8 Å². The number of nitrogens with zero attached hydrogens (tertiary/aromatic N) is 3. The molecule has 0 fully saturated rings. The number of nitro benzene ring substituents is 1. The molecule has 0 amide bonds. The van der Waals surface area contributed by atoms with Gasteiger partial charge in [-0.15, -0.1) is 0 Å². The number of benzene rings is 1. The van der Waals surface area contributed by atoms with E-state index in [1.54, 1.807) is 19.9 Å². The summed E-state index contributed by atoms with van der Waals surface area (Å²) in [5.41, 5.74) is 0.958. The van der Waals surface area contributed by atoms with Gasteiger partial charge >= 0.3 is 11.9 Å². The first-order valence-corrected chi connectivity index (χ1v) is 8.68. The topological polar surface area (TPSA) is 122 Å². The predicted octanol–water partition coefficient (Wildman–Crippen LogP) is 2.23. The number of allylic oxidation sites excluding steroid dienone is 1. The number of aliphatic carboxylic acids is 1. The van der Waals surface area contributed by atoms with Crippen molar-refractivity contribution in [3.8, 4) is 0 Å². The van der Waals surface area contributed by atoms with Gasteiger partial charge in [0.15, 0.2) is 0 Å². The van der Waals surface area contributed by atoms with Crippen LogP contribution in [-0.4, -0.2) is 59.8 Å². The number of hydrogen-bond acceptors (Lipinski definition) is 7. The van der Waals surface area contributed by atoms with Gasteiger partial charge in [-0.2, -0.15) is 0 Å². The van der Waals surface area contributed by atoms with Crippen LogP contribution < -0.4 is 0 Å². The monoisotopic (exact) mass is 389 g/mol. The summed E-state index contributed by atoms with van der Waals surface area (Å²) in [6.45, 7) is 3.81. The fraction of sp³-hybridized carbons (Fsp3) is 0.421.